The Hall–Kier alpha value is -2.81. The third kappa shape index (κ3) is 5.46. The van der Waals surface area contributed by atoms with Crippen molar-refractivity contribution in [3.63, 3.8) is 0 Å². The van der Waals surface area contributed by atoms with Gasteiger partial charge in [0.05, 0.1) is 30.7 Å². The number of nitrogens with zero attached hydrogens (tertiary/aromatic N) is 3. The Morgan fingerprint density at radius 3 is 2.90 bits per heavy atom. The monoisotopic (exact) mass is 483 g/mol. The number of fused-ring (bicyclic) bond motifs is 1. The summed E-state index contributed by atoms with van der Waals surface area (Å²) in [5.74, 6) is 0.658. The van der Waals surface area contributed by atoms with Gasteiger partial charge in [0, 0.05) is 36.5 Å². The standard InChI is InChI=1S/C23H22BrN3O4/c1-29-9-10-30-20-12-16-11-19(5-6-21(16)25-14-20)31-15-22-23(28)7-8-27(26-22)18-4-2-3-17(24)13-18/h2-8,11,13-14,20H,9-10,12,15H2,1H3. The predicted octanol–water partition coefficient (Wildman–Crippen LogP) is 3.86. The van der Waals surface area contributed by atoms with Crippen LogP contribution in [0.15, 0.2) is 69.0 Å². The van der Waals surface area contributed by atoms with Gasteiger partial charge in [-0.15, -0.1) is 0 Å². The summed E-state index contributed by atoms with van der Waals surface area (Å²) >= 11 is 3.45. The lowest BCUT2D eigenvalue weighted by atomic mass is 10.0. The van der Waals surface area contributed by atoms with Crippen molar-refractivity contribution in [2.45, 2.75) is 19.1 Å². The third-order valence-electron chi connectivity index (χ3n) is 4.80. The Kier molecular flexibility index (Phi) is 6.91. The molecule has 1 unspecified atom stereocenters. The fourth-order valence-electron chi connectivity index (χ4n) is 3.22. The highest BCUT2D eigenvalue weighted by Gasteiger charge is 2.16. The minimum atomic E-state index is -0.166. The SMILES string of the molecule is COCCOC1C=Nc2ccc(OCc3nn(-c4cccc(Br)c4)ccc3=O)cc2C1. The van der Waals surface area contributed by atoms with Gasteiger partial charge in [0.25, 0.3) is 0 Å². The maximum Gasteiger partial charge on any atom is 0.206 e. The molecule has 31 heavy (non-hydrogen) atoms. The number of ether oxygens (including phenoxy) is 3. The van der Waals surface area contributed by atoms with Gasteiger partial charge in [0.1, 0.15) is 18.1 Å². The molecule has 0 N–H and O–H groups in total. The molecule has 2 heterocycles. The van der Waals surface area contributed by atoms with E-state index in [0.29, 0.717) is 31.1 Å². The first kappa shape index (κ1) is 21.4. The lowest BCUT2D eigenvalue weighted by Gasteiger charge is -2.19. The molecule has 2 aromatic carbocycles. The van der Waals surface area contributed by atoms with Crippen molar-refractivity contribution in [1.82, 2.24) is 9.78 Å². The van der Waals surface area contributed by atoms with Crippen LogP contribution in [-0.4, -0.2) is 42.4 Å². The molecule has 0 spiro atoms. The number of benzene rings is 2. The summed E-state index contributed by atoms with van der Waals surface area (Å²) < 4.78 is 19.3. The van der Waals surface area contributed by atoms with E-state index in [2.05, 4.69) is 26.0 Å². The lowest BCUT2D eigenvalue weighted by Crippen LogP contribution is -2.22. The molecular weight excluding hydrogens is 462 g/mol. The van der Waals surface area contributed by atoms with E-state index in [4.69, 9.17) is 14.2 Å². The van der Waals surface area contributed by atoms with Crippen molar-refractivity contribution in [2.75, 3.05) is 20.3 Å². The first-order valence-electron chi connectivity index (χ1n) is 9.87. The maximum absolute atomic E-state index is 12.3. The molecule has 3 aromatic rings. The average molecular weight is 484 g/mol. The number of hydrogen-bond acceptors (Lipinski definition) is 6. The minimum absolute atomic E-state index is 0.0729. The van der Waals surface area contributed by atoms with Gasteiger partial charge >= 0.3 is 0 Å². The van der Waals surface area contributed by atoms with Gasteiger partial charge in [-0.1, -0.05) is 22.0 Å². The van der Waals surface area contributed by atoms with E-state index in [0.717, 1.165) is 21.4 Å². The zero-order valence-corrected chi connectivity index (χ0v) is 18.6. The molecule has 4 rings (SSSR count). The Morgan fingerprint density at radius 2 is 2.06 bits per heavy atom. The molecule has 0 fully saturated rings. The Bertz CT molecular complexity index is 1150. The van der Waals surface area contributed by atoms with Crippen molar-refractivity contribution < 1.29 is 14.2 Å². The highest BCUT2D eigenvalue weighted by atomic mass is 79.9. The van der Waals surface area contributed by atoms with Crippen LogP contribution in [0.4, 0.5) is 5.69 Å². The van der Waals surface area contributed by atoms with Gasteiger partial charge < -0.3 is 14.2 Å². The average Bonchev–Trinajstić information content (AvgIpc) is 2.78. The zero-order valence-electron chi connectivity index (χ0n) is 17.0. The van der Waals surface area contributed by atoms with E-state index in [1.165, 1.54) is 6.07 Å². The van der Waals surface area contributed by atoms with Gasteiger partial charge in [-0.05, 0) is 42.0 Å². The molecular formula is C23H22BrN3O4. The van der Waals surface area contributed by atoms with Gasteiger partial charge in [0.15, 0.2) is 0 Å². The van der Waals surface area contributed by atoms with Gasteiger partial charge in [-0.25, -0.2) is 4.68 Å². The molecule has 7 nitrogen and oxygen atoms in total. The second-order valence-corrected chi connectivity index (χ2v) is 7.93. The normalized spacial score (nSPS) is 15.0. The van der Waals surface area contributed by atoms with Crippen LogP contribution in [0.2, 0.25) is 0 Å². The molecule has 0 aliphatic carbocycles. The highest BCUT2D eigenvalue weighted by Crippen LogP contribution is 2.29. The van der Waals surface area contributed by atoms with Crippen molar-refractivity contribution >= 4 is 27.8 Å². The molecule has 1 aliphatic rings. The fraction of sp³-hybridized carbons (Fsp3) is 0.261. The first-order valence-corrected chi connectivity index (χ1v) is 10.7. The topological polar surface area (TPSA) is 74.9 Å². The number of hydrogen-bond donors (Lipinski definition) is 0. The molecule has 0 saturated heterocycles. The Balaban J connectivity index is 1.45. The molecule has 0 saturated carbocycles. The van der Waals surface area contributed by atoms with Crippen LogP contribution >= 0.6 is 15.9 Å². The predicted molar refractivity (Wildman–Crippen MR) is 122 cm³/mol. The lowest BCUT2D eigenvalue weighted by molar-refractivity contribution is 0.0496. The molecule has 0 bridgehead atoms. The zero-order chi connectivity index (χ0) is 21.6. The molecule has 160 valence electrons. The van der Waals surface area contributed by atoms with Gasteiger partial charge in [0.2, 0.25) is 5.43 Å². The molecule has 1 aliphatic heterocycles. The van der Waals surface area contributed by atoms with E-state index < -0.39 is 0 Å². The number of methoxy groups -OCH3 is 1. The summed E-state index contributed by atoms with van der Waals surface area (Å²) in [5.41, 5.74) is 2.95. The molecule has 8 heteroatoms. The van der Waals surface area contributed by atoms with Crippen molar-refractivity contribution in [2.24, 2.45) is 4.99 Å². The molecule has 1 atom stereocenters. The number of rotatable bonds is 8. The summed E-state index contributed by atoms with van der Waals surface area (Å²) in [7, 11) is 1.65. The largest absolute Gasteiger partial charge is 0.487 e. The summed E-state index contributed by atoms with van der Waals surface area (Å²) in [6, 6.07) is 14.9. The van der Waals surface area contributed by atoms with E-state index in [1.54, 1.807) is 18.0 Å². The van der Waals surface area contributed by atoms with Gasteiger partial charge in [-0.2, -0.15) is 5.10 Å². The van der Waals surface area contributed by atoms with Crippen molar-refractivity contribution in [1.29, 1.82) is 0 Å². The van der Waals surface area contributed by atoms with Crippen LogP contribution in [-0.2, 0) is 22.5 Å². The van der Waals surface area contributed by atoms with Crippen molar-refractivity contribution in [3.8, 4) is 11.4 Å². The van der Waals surface area contributed by atoms with Gasteiger partial charge in [-0.3, -0.25) is 9.79 Å². The van der Waals surface area contributed by atoms with Crippen LogP contribution in [0.5, 0.6) is 5.75 Å². The van der Waals surface area contributed by atoms with Crippen LogP contribution in [0.25, 0.3) is 5.69 Å². The molecule has 0 radical (unpaired) electrons. The Morgan fingerprint density at radius 1 is 1.16 bits per heavy atom. The van der Waals surface area contributed by atoms with Crippen LogP contribution in [0.3, 0.4) is 0 Å². The van der Waals surface area contributed by atoms with Crippen molar-refractivity contribution in [3.05, 3.63) is 80.7 Å². The fourth-order valence-corrected chi connectivity index (χ4v) is 3.61. The summed E-state index contributed by atoms with van der Waals surface area (Å²) in [5, 5.41) is 4.44. The van der Waals surface area contributed by atoms with Crippen LogP contribution in [0, 0.1) is 0 Å². The van der Waals surface area contributed by atoms with E-state index >= 15 is 0 Å². The van der Waals surface area contributed by atoms with E-state index in [1.807, 2.05) is 48.7 Å². The summed E-state index contributed by atoms with van der Waals surface area (Å²) in [4.78, 5) is 16.7. The smallest absolute Gasteiger partial charge is 0.206 e. The minimum Gasteiger partial charge on any atom is -0.487 e. The second-order valence-electron chi connectivity index (χ2n) is 7.01. The molecule has 0 amide bonds. The maximum atomic E-state index is 12.3. The summed E-state index contributed by atoms with van der Waals surface area (Å²) in [6.45, 7) is 1.13. The Labute approximate surface area is 188 Å². The molecule has 1 aromatic heterocycles. The number of halogens is 1. The number of aliphatic imine (C=N–C) groups is 1. The first-order chi connectivity index (χ1) is 15.1. The highest BCUT2D eigenvalue weighted by molar-refractivity contribution is 9.10. The number of aromatic nitrogens is 2. The quantitative estimate of drug-likeness (QED) is 0.454. The second kappa shape index (κ2) is 10.00. The van der Waals surface area contributed by atoms with Crippen LogP contribution in [0.1, 0.15) is 11.3 Å². The van der Waals surface area contributed by atoms with Crippen LogP contribution < -0.4 is 10.2 Å². The third-order valence-corrected chi connectivity index (χ3v) is 5.29. The van der Waals surface area contributed by atoms with E-state index in [9.17, 15) is 4.79 Å². The van der Waals surface area contributed by atoms with E-state index in [-0.39, 0.29) is 18.1 Å². The summed E-state index contributed by atoms with van der Waals surface area (Å²) in [6.07, 6.45) is 4.08.